The second-order valence-electron chi connectivity index (χ2n) is 7.87. The second kappa shape index (κ2) is 8.07. The zero-order valence-electron chi connectivity index (χ0n) is 16.9. The van der Waals surface area contributed by atoms with Gasteiger partial charge in [0.05, 0.1) is 34.5 Å². The fourth-order valence-corrected chi connectivity index (χ4v) is 4.92. The number of aromatic nitrogens is 2. The summed E-state index contributed by atoms with van der Waals surface area (Å²) in [6, 6.07) is 9.52. The highest BCUT2D eigenvalue weighted by Crippen LogP contribution is 2.32. The topological polar surface area (TPSA) is 59.4 Å². The predicted molar refractivity (Wildman–Crippen MR) is 117 cm³/mol. The molecule has 1 amide bonds. The summed E-state index contributed by atoms with van der Waals surface area (Å²) >= 11 is 7.80. The van der Waals surface area contributed by atoms with Crippen molar-refractivity contribution in [3.63, 3.8) is 0 Å². The summed E-state index contributed by atoms with van der Waals surface area (Å²) in [7, 11) is 0. The number of nitrogens with zero attached hydrogens (tertiary/aromatic N) is 3. The third-order valence-corrected chi connectivity index (χ3v) is 6.83. The Morgan fingerprint density at radius 1 is 1.31 bits per heavy atom. The number of carbonyl (C=O) groups is 1. The summed E-state index contributed by atoms with van der Waals surface area (Å²) in [5.41, 5.74) is 1.57. The van der Waals surface area contributed by atoms with Gasteiger partial charge in [-0.1, -0.05) is 23.7 Å². The number of nitrogens with one attached hydrogen (secondary N) is 1. The van der Waals surface area contributed by atoms with Gasteiger partial charge < -0.3 is 10.1 Å². The van der Waals surface area contributed by atoms with Gasteiger partial charge in [0.1, 0.15) is 4.83 Å². The normalized spacial score (nSPS) is 15.7. The molecule has 4 rings (SSSR count). The molecule has 0 spiro atoms. The predicted octanol–water partition coefficient (Wildman–Crippen LogP) is 3.89. The molecule has 8 heteroatoms. The highest BCUT2D eigenvalue weighted by Gasteiger charge is 2.29. The summed E-state index contributed by atoms with van der Waals surface area (Å²) in [6.45, 7) is 10.1. The van der Waals surface area contributed by atoms with Crippen LogP contribution in [0, 0.1) is 6.92 Å². The standard InChI is InChI=1S/C21H25ClN4O2S/c1-14-15-12-18(19(27)23-13-21(2,3)25-8-10-28-11-9-25)29-20(15)26(24-14)17-7-5-4-6-16(17)22/h4-7,12H,8-11,13H2,1-3H3,(H,23,27). The van der Waals surface area contributed by atoms with Crippen molar-refractivity contribution in [2.75, 3.05) is 32.8 Å². The van der Waals surface area contributed by atoms with E-state index in [9.17, 15) is 4.79 Å². The minimum atomic E-state index is -0.125. The number of aryl methyl sites for hydroxylation is 1. The van der Waals surface area contributed by atoms with Crippen molar-refractivity contribution in [2.24, 2.45) is 0 Å². The maximum Gasteiger partial charge on any atom is 0.261 e. The molecule has 29 heavy (non-hydrogen) atoms. The molecule has 0 unspecified atom stereocenters. The van der Waals surface area contributed by atoms with Gasteiger partial charge in [-0.15, -0.1) is 11.3 Å². The van der Waals surface area contributed by atoms with Gasteiger partial charge >= 0.3 is 0 Å². The molecule has 0 radical (unpaired) electrons. The Morgan fingerprint density at radius 3 is 2.76 bits per heavy atom. The molecule has 1 fully saturated rings. The van der Waals surface area contributed by atoms with E-state index >= 15 is 0 Å². The zero-order chi connectivity index (χ0) is 20.6. The smallest absolute Gasteiger partial charge is 0.261 e. The van der Waals surface area contributed by atoms with E-state index < -0.39 is 0 Å². The Kier molecular flexibility index (Phi) is 5.66. The van der Waals surface area contributed by atoms with E-state index in [1.54, 1.807) is 0 Å². The Morgan fingerprint density at radius 2 is 2.03 bits per heavy atom. The second-order valence-corrected chi connectivity index (χ2v) is 9.31. The maximum absolute atomic E-state index is 12.9. The number of para-hydroxylation sites is 1. The van der Waals surface area contributed by atoms with Gasteiger partial charge in [-0.25, -0.2) is 4.68 Å². The van der Waals surface area contributed by atoms with Crippen molar-refractivity contribution >= 4 is 39.1 Å². The third-order valence-electron chi connectivity index (χ3n) is 5.40. The summed E-state index contributed by atoms with van der Waals surface area (Å²) < 4.78 is 7.26. The van der Waals surface area contributed by atoms with Crippen LogP contribution in [-0.2, 0) is 4.74 Å². The largest absolute Gasteiger partial charge is 0.379 e. The van der Waals surface area contributed by atoms with Gasteiger partial charge in [0.15, 0.2) is 0 Å². The molecule has 1 N–H and O–H groups in total. The van der Waals surface area contributed by atoms with Crippen molar-refractivity contribution in [3.8, 4) is 5.69 Å². The SMILES string of the molecule is Cc1nn(-c2ccccc2Cl)c2sc(C(=O)NCC(C)(C)N3CCOCC3)cc12. The molecule has 1 saturated heterocycles. The number of ether oxygens (including phenoxy) is 1. The van der Waals surface area contributed by atoms with E-state index in [0.717, 1.165) is 47.9 Å². The molecule has 0 bridgehead atoms. The van der Waals surface area contributed by atoms with Crippen molar-refractivity contribution in [1.82, 2.24) is 20.0 Å². The van der Waals surface area contributed by atoms with E-state index in [1.807, 2.05) is 41.9 Å². The average molecular weight is 433 g/mol. The first-order chi connectivity index (χ1) is 13.9. The molecule has 154 valence electrons. The van der Waals surface area contributed by atoms with Crippen molar-refractivity contribution in [1.29, 1.82) is 0 Å². The number of carbonyl (C=O) groups excluding carboxylic acids is 1. The fraction of sp³-hybridized carbons (Fsp3) is 0.429. The van der Waals surface area contributed by atoms with Crippen LogP contribution in [-0.4, -0.2) is 59.0 Å². The minimum Gasteiger partial charge on any atom is -0.379 e. The molecule has 1 aromatic carbocycles. The van der Waals surface area contributed by atoms with E-state index in [0.29, 0.717) is 16.4 Å². The van der Waals surface area contributed by atoms with Gasteiger partial charge in [-0.3, -0.25) is 9.69 Å². The first-order valence-electron chi connectivity index (χ1n) is 9.72. The van der Waals surface area contributed by atoms with E-state index in [-0.39, 0.29) is 11.4 Å². The molecule has 0 aliphatic carbocycles. The van der Waals surface area contributed by atoms with Crippen LogP contribution in [0.2, 0.25) is 5.02 Å². The van der Waals surface area contributed by atoms with Crippen LogP contribution < -0.4 is 5.32 Å². The Bertz CT molecular complexity index is 1040. The van der Waals surface area contributed by atoms with Gasteiger partial charge in [0, 0.05) is 30.6 Å². The van der Waals surface area contributed by atoms with Gasteiger partial charge in [-0.2, -0.15) is 5.10 Å². The quantitative estimate of drug-likeness (QED) is 0.664. The highest BCUT2D eigenvalue weighted by atomic mass is 35.5. The van der Waals surface area contributed by atoms with Gasteiger partial charge in [0.25, 0.3) is 5.91 Å². The highest BCUT2D eigenvalue weighted by molar-refractivity contribution is 7.20. The van der Waals surface area contributed by atoms with Crippen LogP contribution in [0.25, 0.3) is 15.9 Å². The number of rotatable bonds is 5. The average Bonchev–Trinajstić information content (AvgIpc) is 3.28. The van der Waals surface area contributed by atoms with Crippen LogP contribution in [0.1, 0.15) is 29.2 Å². The number of hydrogen-bond acceptors (Lipinski definition) is 5. The zero-order valence-corrected chi connectivity index (χ0v) is 18.4. The van der Waals surface area contributed by atoms with Crippen molar-refractivity contribution in [3.05, 3.63) is 45.9 Å². The molecule has 0 saturated carbocycles. The molecule has 2 aromatic heterocycles. The lowest BCUT2D eigenvalue weighted by Crippen LogP contribution is -2.55. The van der Waals surface area contributed by atoms with Crippen LogP contribution in [0.4, 0.5) is 0 Å². The van der Waals surface area contributed by atoms with E-state index in [1.165, 1.54) is 11.3 Å². The monoisotopic (exact) mass is 432 g/mol. The molecule has 1 aliphatic rings. The van der Waals surface area contributed by atoms with E-state index in [4.69, 9.17) is 16.3 Å². The Labute approximate surface area is 179 Å². The minimum absolute atomic E-state index is 0.0577. The Hall–Kier alpha value is -1.93. The molecule has 6 nitrogen and oxygen atoms in total. The van der Waals surface area contributed by atoms with Crippen molar-refractivity contribution < 1.29 is 9.53 Å². The summed E-state index contributed by atoms with van der Waals surface area (Å²) in [5, 5.41) is 9.34. The molecule has 0 atom stereocenters. The Balaban J connectivity index is 1.54. The first kappa shape index (κ1) is 20.3. The lowest BCUT2D eigenvalue weighted by Gasteiger charge is -2.40. The fourth-order valence-electron chi connectivity index (χ4n) is 3.61. The first-order valence-corrected chi connectivity index (χ1v) is 10.9. The van der Waals surface area contributed by atoms with Crippen LogP contribution in [0.15, 0.2) is 30.3 Å². The van der Waals surface area contributed by atoms with E-state index in [2.05, 4.69) is 29.2 Å². The summed E-state index contributed by atoms with van der Waals surface area (Å²) in [6.07, 6.45) is 0. The maximum atomic E-state index is 12.9. The third kappa shape index (κ3) is 4.05. The molecule has 3 aromatic rings. The number of amides is 1. The van der Waals surface area contributed by atoms with Crippen LogP contribution >= 0.6 is 22.9 Å². The van der Waals surface area contributed by atoms with Crippen molar-refractivity contribution in [2.45, 2.75) is 26.3 Å². The summed E-state index contributed by atoms with van der Waals surface area (Å²) in [4.78, 5) is 16.8. The number of hydrogen-bond donors (Lipinski definition) is 1. The van der Waals surface area contributed by atoms with Crippen LogP contribution in [0.5, 0.6) is 0 Å². The lowest BCUT2D eigenvalue weighted by molar-refractivity contribution is -0.00922. The molecule has 3 heterocycles. The molecular formula is C21H25ClN4O2S. The molecular weight excluding hydrogens is 408 g/mol. The van der Waals surface area contributed by atoms with Gasteiger partial charge in [0.2, 0.25) is 0 Å². The van der Waals surface area contributed by atoms with Gasteiger partial charge in [-0.05, 0) is 39.0 Å². The number of fused-ring (bicyclic) bond motifs is 1. The molecule has 1 aliphatic heterocycles. The number of benzene rings is 1. The van der Waals surface area contributed by atoms with Crippen LogP contribution in [0.3, 0.4) is 0 Å². The number of halogens is 1. The summed E-state index contributed by atoms with van der Waals surface area (Å²) in [5.74, 6) is -0.0577. The number of morpholine rings is 1. The lowest BCUT2D eigenvalue weighted by atomic mass is 10.0. The number of thiophene rings is 1.